The maximum absolute atomic E-state index is 13.1. The zero-order chi connectivity index (χ0) is 21.3. The quantitative estimate of drug-likeness (QED) is 0.399. The van der Waals surface area contributed by atoms with Crippen LogP contribution in [-0.2, 0) is 22.5 Å². The molecule has 1 atom stereocenters. The van der Waals surface area contributed by atoms with Gasteiger partial charge in [-0.25, -0.2) is 4.98 Å². The van der Waals surface area contributed by atoms with E-state index >= 15 is 0 Å². The Hall–Kier alpha value is -2.64. The average molecular weight is 426 g/mol. The number of rotatable bonds is 10. The molecule has 0 saturated carbocycles. The number of amides is 1. The average Bonchev–Trinajstić information content (AvgIpc) is 2.75. The first-order valence-electron chi connectivity index (χ1n) is 10.0. The Bertz CT molecular complexity index is 1040. The topological polar surface area (TPSA) is 73.2 Å². The maximum atomic E-state index is 13.1. The van der Waals surface area contributed by atoms with E-state index in [1.165, 1.54) is 17.3 Å². The molecule has 6 nitrogen and oxygen atoms in total. The molecular formula is C23H27N3O3S. The number of aromatic nitrogens is 2. The van der Waals surface area contributed by atoms with Crippen LogP contribution in [0.5, 0.6) is 0 Å². The lowest BCUT2D eigenvalue weighted by atomic mass is 10.1. The van der Waals surface area contributed by atoms with E-state index in [-0.39, 0.29) is 23.3 Å². The van der Waals surface area contributed by atoms with Crippen LogP contribution >= 0.6 is 11.8 Å². The fourth-order valence-electron chi connectivity index (χ4n) is 3.28. The number of nitrogens with zero attached hydrogens (tertiary/aromatic N) is 2. The summed E-state index contributed by atoms with van der Waals surface area (Å²) in [5.41, 5.74) is 1.82. The van der Waals surface area contributed by atoms with Crippen LogP contribution < -0.4 is 10.9 Å². The maximum Gasteiger partial charge on any atom is 0.262 e. The first kappa shape index (κ1) is 22.1. The number of fused-ring (bicyclic) bond motifs is 1. The molecule has 0 fully saturated rings. The molecule has 0 aliphatic rings. The van der Waals surface area contributed by atoms with Gasteiger partial charge in [0.15, 0.2) is 5.16 Å². The largest absolute Gasteiger partial charge is 0.383 e. The van der Waals surface area contributed by atoms with E-state index in [0.29, 0.717) is 29.2 Å². The van der Waals surface area contributed by atoms with Gasteiger partial charge in [0.05, 0.1) is 23.3 Å². The lowest BCUT2D eigenvalue weighted by Gasteiger charge is -2.15. The summed E-state index contributed by atoms with van der Waals surface area (Å²) in [5.74, 6) is 0.0835. The summed E-state index contributed by atoms with van der Waals surface area (Å²) in [6, 6.07) is 17.5. The van der Waals surface area contributed by atoms with Gasteiger partial charge in [0.2, 0.25) is 5.91 Å². The summed E-state index contributed by atoms with van der Waals surface area (Å²) in [7, 11) is 1.60. The Labute approximate surface area is 180 Å². The summed E-state index contributed by atoms with van der Waals surface area (Å²) < 4.78 is 6.75. The van der Waals surface area contributed by atoms with Gasteiger partial charge >= 0.3 is 0 Å². The van der Waals surface area contributed by atoms with Crippen LogP contribution in [0, 0.1) is 0 Å². The minimum Gasteiger partial charge on any atom is -0.383 e. The van der Waals surface area contributed by atoms with Crippen molar-refractivity contribution in [2.24, 2.45) is 0 Å². The van der Waals surface area contributed by atoms with Crippen molar-refractivity contribution in [2.75, 3.05) is 19.5 Å². The van der Waals surface area contributed by atoms with Crippen LogP contribution in [0.3, 0.4) is 0 Å². The van der Waals surface area contributed by atoms with Crippen LogP contribution in [0.25, 0.3) is 10.9 Å². The molecule has 1 aromatic heterocycles. The third-order valence-corrected chi connectivity index (χ3v) is 5.65. The number of para-hydroxylation sites is 1. The molecule has 0 spiro atoms. The summed E-state index contributed by atoms with van der Waals surface area (Å²) in [4.78, 5) is 30.0. The van der Waals surface area contributed by atoms with Gasteiger partial charge in [-0.15, -0.1) is 0 Å². The highest BCUT2D eigenvalue weighted by Gasteiger charge is 2.14. The molecule has 0 aliphatic carbocycles. The summed E-state index contributed by atoms with van der Waals surface area (Å²) in [6.45, 7) is 2.89. The minimum atomic E-state index is -0.109. The second-order valence-corrected chi connectivity index (χ2v) is 8.11. The monoisotopic (exact) mass is 425 g/mol. The highest BCUT2D eigenvalue weighted by molar-refractivity contribution is 7.99. The van der Waals surface area contributed by atoms with Gasteiger partial charge < -0.3 is 10.1 Å². The molecule has 30 heavy (non-hydrogen) atoms. The predicted octanol–water partition coefficient (Wildman–Crippen LogP) is 3.27. The Balaban J connectivity index is 1.76. The number of carbonyl (C=O) groups excluding carboxylic acids is 1. The summed E-state index contributed by atoms with van der Waals surface area (Å²) in [5, 5.41) is 4.05. The fraction of sp³-hybridized carbons (Fsp3) is 0.348. The van der Waals surface area contributed by atoms with Gasteiger partial charge in [-0.1, -0.05) is 54.2 Å². The van der Waals surface area contributed by atoms with Crippen molar-refractivity contribution in [3.63, 3.8) is 0 Å². The molecule has 0 saturated heterocycles. The van der Waals surface area contributed by atoms with E-state index in [9.17, 15) is 9.59 Å². The molecule has 3 rings (SSSR count). The highest BCUT2D eigenvalue weighted by Crippen LogP contribution is 2.18. The van der Waals surface area contributed by atoms with Gasteiger partial charge in [0.1, 0.15) is 0 Å². The molecule has 0 bridgehead atoms. The molecule has 1 amide bonds. The number of carbonyl (C=O) groups is 1. The fourth-order valence-corrected chi connectivity index (χ4v) is 4.12. The lowest BCUT2D eigenvalue weighted by molar-refractivity contribution is -0.119. The van der Waals surface area contributed by atoms with Crippen LogP contribution in [0.2, 0.25) is 0 Å². The van der Waals surface area contributed by atoms with Gasteiger partial charge in [-0.05, 0) is 37.5 Å². The second-order valence-electron chi connectivity index (χ2n) is 7.17. The third-order valence-electron chi connectivity index (χ3n) is 4.67. The van der Waals surface area contributed by atoms with Gasteiger partial charge in [-0.2, -0.15) is 0 Å². The number of hydrogen-bond donors (Lipinski definition) is 1. The van der Waals surface area contributed by atoms with E-state index < -0.39 is 0 Å². The number of hydrogen-bond acceptors (Lipinski definition) is 5. The Kier molecular flexibility index (Phi) is 8.04. The van der Waals surface area contributed by atoms with Crippen LogP contribution in [-0.4, -0.2) is 41.0 Å². The number of methoxy groups -OCH3 is 1. The van der Waals surface area contributed by atoms with Crippen molar-refractivity contribution in [3.8, 4) is 0 Å². The van der Waals surface area contributed by atoms with E-state index in [2.05, 4.69) is 22.4 Å². The first-order chi connectivity index (χ1) is 14.6. The van der Waals surface area contributed by atoms with E-state index in [4.69, 9.17) is 4.74 Å². The van der Waals surface area contributed by atoms with Crippen molar-refractivity contribution >= 4 is 28.6 Å². The van der Waals surface area contributed by atoms with Crippen molar-refractivity contribution < 1.29 is 9.53 Å². The van der Waals surface area contributed by atoms with E-state index in [1.54, 1.807) is 17.7 Å². The molecule has 158 valence electrons. The number of ether oxygens (including phenoxy) is 1. The van der Waals surface area contributed by atoms with Gasteiger partial charge in [0, 0.05) is 19.7 Å². The van der Waals surface area contributed by atoms with E-state index in [1.807, 2.05) is 43.3 Å². The van der Waals surface area contributed by atoms with Crippen LogP contribution in [0.1, 0.15) is 18.9 Å². The Morgan fingerprint density at radius 1 is 1.17 bits per heavy atom. The van der Waals surface area contributed by atoms with Crippen LogP contribution in [0.15, 0.2) is 64.5 Å². The Morgan fingerprint density at radius 3 is 2.67 bits per heavy atom. The van der Waals surface area contributed by atoms with Gasteiger partial charge in [0.25, 0.3) is 5.56 Å². The Morgan fingerprint density at radius 2 is 1.90 bits per heavy atom. The molecule has 3 aromatic rings. The summed E-state index contributed by atoms with van der Waals surface area (Å²) in [6.07, 6.45) is 1.69. The van der Waals surface area contributed by atoms with Crippen molar-refractivity contribution in [2.45, 2.75) is 37.5 Å². The molecular weight excluding hydrogens is 398 g/mol. The zero-order valence-electron chi connectivity index (χ0n) is 17.3. The molecule has 0 aliphatic heterocycles. The minimum absolute atomic E-state index is 0.0654. The molecule has 1 unspecified atom stereocenters. The van der Waals surface area contributed by atoms with E-state index in [0.717, 1.165) is 12.8 Å². The number of thioether (sulfide) groups is 1. The molecule has 7 heteroatoms. The summed E-state index contributed by atoms with van der Waals surface area (Å²) >= 11 is 1.29. The molecule has 1 N–H and O–H groups in total. The second kappa shape index (κ2) is 10.9. The molecule has 1 heterocycles. The standard InChI is InChI=1S/C23H27N3O3S/c1-17(15-29-2)24-21(27)16-30-23-25-20-13-7-6-12-19(20)22(28)26(23)14-8-11-18-9-4-3-5-10-18/h3-7,9-10,12-13,17H,8,11,14-16H2,1-2H3,(H,24,27). The van der Waals surface area contributed by atoms with Crippen molar-refractivity contribution in [3.05, 3.63) is 70.5 Å². The SMILES string of the molecule is COCC(C)NC(=O)CSc1nc2ccccc2c(=O)n1CCCc1ccccc1. The highest BCUT2D eigenvalue weighted by atomic mass is 32.2. The lowest BCUT2D eigenvalue weighted by Crippen LogP contribution is -2.36. The predicted molar refractivity (Wildman–Crippen MR) is 121 cm³/mol. The van der Waals surface area contributed by atoms with Crippen molar-refractivity contribution in [1.29, 1.82) is 0 Å². The number of aryl methyl sites for hydroxylation is 1. The normalized spacial score (nSPS) is 12.1. The smallest absolute Gasteiger partial charge is 0.262 e. The number of benzene rings is 2. The van der Waals surface area contributed by atoms with Crippen molar-refractivity contribution in [1.82, 2.24) is 14.9 Å². The van der Waals surface area contributed by atoms with Gasteiger partial charge in [-0.3, -0.25) is 14.2 Å². The first-order valence-corrected chi connectivity index (χ1v) is 11.0. The third kappa shape index (κ3) is 5.93. The van der Waals surface area contributed by atoms with Crippen LogP contribution in [0.4, 0.5) is 0 Å². The molecule has 2 aromatic carbocycles. The molecule has 0 radical (unpaired) electrons. The zero-order valence-corrected chi connectivity index (χ0v) is 18.2. The number of nitrogens with one attached hydrogen (secondary N) is 1.